The Labute approximate surface area is 181 Å². The second-order valence-corrected chi connectivity index (χ2v) is 9.81. The number of anilines is 1. The van der Waals surface area contributed by atoms with Crippen LogP contribution in [0.15, 0.2) is 46.5 Å². The van der Waals surface area contributed by atoms with Crippen molar-refractivity contribution in [2.75, 3.05) is 5.32 Å². The zero-order valence-electron chi connectivity index (χ0n) is 16.6. The molecular formula is C22H20N4O2S2. The number of fused-ring (bicyclic) bond motifs is 4. The van der Waals surface area contributed by atoms with Crippen molar-refractivity contribution in [3.05, 3.63) is 57.3 Å². The van der Waals surface area contributed by atoms with Gasteiger partial charge in [0.1, 0.15) is 4.83 Å². The predicted octanol–water partition coefficient (Wildman–Crippen LogP) is 4.15. The lowest BCUT2D eigenvalue weighted by Crippen LogP contribution is -2.25. The number of benzene rings is 1. The maximum atomic E-state index is 13.0. The largest absolute Gasteiger partial charge is 0.324 e. The molecule has 0 fully saturated rings. The second-order valence-electron chi connectivity index (χ2n) is 7.42. The van der Waals surface area contributed by atoms with Crippen molar-refractivity contribution in [3.63, 3.8) is 0 Å². The molecule has 30 heavy (non-hydrogen) atoms. The van der Waals surface area contributed by atoms with Crippen molar-refractivity contribution in [2.45, 2.75) is 36.6 Å². The van der Waals surface area contributed by atoms with Crippen LogP contribution >= 0.6 is 23.1 Å². The molecule has 1 unspecified atom stereocenters. The van der Waals surface area contributed by atoms with Crippen LogP contribution in [0.1, 0.15) is 23.8 Å². The summed E-state index contributed by atoms with van der Waals surface area (Å²) in [5.41, 5.74) is 2.71. The van der Waals surface area contributed by atoms with Gasteiger partial charge in [0.2, 0.25) is 5.91 Å². The van der Waals surface area contributed by atoms with E-state index in [4.69, 9.17) is 4.98 Å². The number of rotatable bonds is 4. The molecule has 1 N–H and O–H groups in total. The zero-order valence-corrected chi connectivity index (χ0v) is 18.3. The molecule has 1 amide bonds. The van der Waals surface area contributed by atoms with Gasteiger partial charge in [-0.05, 0) is 56.0 Å². The van der Waals surface area contributed by atoms with Crippen LogP contribution in [-0.2, 0) is 24.7 Å². The van der Waals surface area contributed by atoms with Crippen LogP contribution in [0.5, 0.6) is 0 Å². The van der Waals surface area contributed by atoms with Gasteiger partial charge < -0.3 is 5.32 Å². The Morgan fingerprint density at radius 3 is 3.00 bits per heavy atom. The van der Waals surface area contributed by atoms with E-state index in [1.54, 1.807) is 29.1 Å². The first-order valence-corrected chi connectivity index (χ1v) is 11.5. The quantitative estimate of drug-likeness (QED) is 0.384. The van der Waals surface area contributed by atoms with Crippen molar-refractivity contribution in [2.24, 2.45) is 7.05 Å². The summed E-state index contributed by atoms with van der Waals surface area (Å²) < 4.78 is 1.57. The van der Waals surface area contributed by atoms with Gasteiger partial charge in [-0.2, -0.15) is 0 Å². The van der Waals surface area contributed by atoms with Gasteiger partial charge in [0, 0.05) is 23.5 Å². The monoisotopic (exact) mass is 436 g/mol. The summed E-state index contributed by atoms with van der Waals surface area (Å²) in [4.78, 5) is 37.0. The summed E-state index contributed by atoms with van der Waals surface area (Å²) in [6, 6.07) is 9.44. The van der Waals surface area contributed by atoms with Gasteiger partial charge in [0.05, 0.1) is 21.8 Å². The van der Waals surface area contributed by atoms with E-state index in [9.17, 15) is 9.59 Å². The lowest BCUT2D eigenvalue weighted by Gasteiger charge is -2.14. The standard InChI is InChI=1S/C22H20N4O2S2/c1-12(19(27)24-16-9-4-8-15-13(16)7-5-11-23-15)29-22-25-20-18(21(28)26(22)2)14-6-3-10-17(14)30-20/h4-5,7-9,11-12H,3,6,10H2,1-2H3,(H,24,27). The zero-order chi connectivity index (χ0) is 20.8. The van der Waals surface area contributed by atoms with Crippen molar-refractivity contribution < 1.29 is 4.79 Å². The van der Waals surface area contributed by atoms with Crippen molar-refractivity contribution in [3.8, 4) is 0 Å². The van der Waals surface area contributed by atoms with Gasteiger partial charge in [-0.1, -0.05) is 17.8 Å². The topological polar surface area (TPSA) is 76.9 Å². The second kappa shape index (κ2) is 7.52. The number of aromatic nitrogens is 3. The summed E-state index contributed by atoms with van der Waals surface area (Å²) in [5, 5.41) is 4.80. The number of nitrogens with one attached hydrogen (secondary N) is 1. The summed E-state index contributed by atoms with van der Waals surface area (Å²) in [6.45, 7) is 1.83. The van der Waals surface area contributed by atoms with E-state index in [1.165, 1.54) is 22.2 Å². The molecule has 1 aromatic carbocycles. The molecular weight excluding hydrogens is 416 g/mol. The van der Waals surface area contributed by atoms with Gasteiger partial charge in [-0.15, -0.1) is 11.3 Å². The number of thiophene rings is 1. The number of carbonyl (C=O) groups is 1. The SMILES string of the molecule is CC(Sc1nc2sc3c(c2c(=O)n1C)CCC3)C(=O)Nc1cccc2ncccc12. The molecule has 0 radical (unpaired) electrons. The number of nitrogens with zero attached hydrogens (tertiary/aromatic N) is 3. The molecule has 1 aliphatic rings. The molecule has 152 valence electrons. The average molecular weight is 437 g/mol. The van der Waals surface area contributed by atoms with Crippen molar-refractivity contribution in [1.82, 2.24) is 14.5 Å². The predicted molar refractivity (Wildman–Crippen MR) is 123 cm³/mol. The fourth-order valence-electron chi connectivity index (χ4n) is 3.87. The molecule has 3 aromatic heterocycles. The highest BCUT2D eigenvalue weighted by Gasteiger charge is 2.24. The molecule has 8 heteroatoms. The molecule has 5 rings (SSSR count). The van der Waals surface area contributed by atoms with Crippen LogP contribution in [-0.4, -0.2) is 25.7 Å². The van der Waals surface area contributed by atoms with Crippen molar-refractivity contribution in [1.29, 1.82) is 0 Å². The number of hydrogen-bond acceptors (Lipinski definition) is 6. The summed E-state index contributed by atoms with van der Waals surface area (Å²) >= 11 is 2.92. The lowest BCUT2D eigenvalue weighted by atomic mass is 10.2. The van der Waals surface area contributed by atoms with E-state index in [2.05, 4.69) is 10.3 Å². The Balaban J connectivity index is 1.41. The Bertz CT molecular complexity index is 1350. The van der Waals surface area contributed by atoms with Gasteiger partial charge >= 0.3 is 0 Å². The van der Waals surface area contributed by atoms with E-state index in [1.807, 2.05) is 37.3 Å². The molecule has 6 nitrogen and oxygen atoms in total. The Morgan fingerprint density at radius 2 is 2.13 bits per heavy atom. The number of thioether (sulfide) groups is 1. The van der Waals surface area contributed by atoms with E-state index >= 15 is 0 Å². The summed E-state index contributed by atoms with van der Waals surface area (Å²) in [7, 11) is 1.73. The Morgan fingerprint density at radius 1 is 1.27 bits per heavy atom. The molecule has 0 bridgehead atoms. The minimum absolute atomic E-state index is 0.0189. The molecule has 4 aromatic rings. The summed E-state index contributed by atoms with van der Waals surface area (Å²) in [6.07, 6.45) is 4.82. The number of aryl methyl sites for hydroxylation is 2. The number of carbonyl (C=O) groups excluding carboxylic acids is 1. The number of pyridine rings is 1. The highest BCUT2D eigenvalue weighted by molar-refractivity contribution is 8.00. The minimum atomic E-state index is -0.417. The van der Waals surface area contributed by atoms with Crippen LogP contribution in [0, 0.1) is 0 Å². The van der Waals surface area contributed by atoms with Gasteiger partial charge in [-0.25, -0.2) is 4.98 Å². The van der Waals surface area contributed by atoms with Gasteiger partial charge in [-0.3, -0.25) is 19.1 Å². The minimum Gasteiger partial charge on any atom is -0.324 e. The van der Waals surface area contributed by atoms with E-state index < -0.39 is 5.25 Å². The fourth-order valence-corrected chi connectivity index (χ4v) is 6.05. The van der Waals surface area contributed by atoms with Crippen LogP contribution < -0.4 is 10.9 Å². The first kappa shape index (κ1) is 19.3. The van der Waals surface area contributed by atoms with Crippen LogP contribution in [0.3, 0.4) is 0 Å². The lowest BCUT2D eigenvalue weighted by molar-refractivity contribution is -0.115. The van der Waals surface area contributed by atoms with Crippen LogP contribution in [0.4, 0.5) is 5.69 Å². The first-order chi connectivity index (χ1) is 14.5. The summed E-state index contributed by atoms with van der Waals surface area (Å²) in [5.74, 6) is -0.139. The Hall–Kier alpha value is -2.71. The number of hydrogen-bond donors (Lipinski definition) is 1. The van der Waals surface area contributed by atoms with E-state index in [-0.39, 0.29) is 11.5 Å². The Kier molecular flexibility index (Phi) is 4.83. The fraction of sp³-hybridized carbons (Fsp3) is 0.273. The first-order valence-electron chi connectivity index (χ1n) is 9.85. The highest BCUT2D eigenvalue weighted by Crippen LogP contribution is 2.36. The molecule has 0 saturated heterocycles. The maximum absolute atomic E-state index is 13.0. The average Bonchev–Trinajstić information content (AvgIpc) is 3.33. The molecule has 0 aliphatic heterocycles. The molecule has 1 atom stereocenters. The third-order valence-electron chi connectivity index (χ3n) is 5.46. The third kappa shape index (κ3) is 3.20. The maximum Gasteiger partial charge on any atom is 0.262 e. The smallest absolute Gasteiger partial charge is 0.262 e. The third-order valence-corrected chi connectivity index (χ3v) is 7.79. The van der Waals surface area contributed by atoms with Gasteiger partial charge in [0.25, 0.3) is 5.56 Å². The van der Waals surface area contributed by atoms with Gasteiger partial charge in [0.15, 0.2) is 5.16 Å². The number of amides is 1. The highest BCUT2D eigenvalue weighted by atomic mass is 32.2. The van der Waals surface area contributed by atoms with E-state index in [0.29, 0.717) is 5.16 Å². The molecule has 0 saturated carbocycles. The van der Waals surface area contributed by atoms with Crippen LogP contribution in [0.25, 0.3) is 21.1 Å². The molecule has 1 aliphatic carbocycles. The normalized spacial score (nSPS) is 14.2. The van der Waals surface area contributed by atoms with Crippen LogP contribution in [0.2, 0.25) is 0 Å². The van der Waals surface area contributed by atoms with E-state index in [0.717, 1.165) is 46.1 Å². The molecule has 0 spiro atoms. The van der Waals surface area contributed by atoms with Crippen molar-refractivity contribution >= 4 is 55.8 Å². The molecule has 3 heterocycles.